The van der Waals surface area contributed by atoms with Crippen molar-refractivity contribution >= 4 is 60.2 Å². The summed E-state index contributed by atoms with van der Waals surface area (Å²) in [5.74, 6) is -1.35. The van der Waals surface area contributed by atoms with Crippen molar-refractivity contribution in [2.45, 2.75) is 36.7 Å². The zero-order chi connectivity index (χ0) is 22.6. The zero-order valence-electron chi connectivity index (χ0n) is 16.1. The van der Waals surface area contributed by atoms with Crippen LogP contribution in [-0.2, 0) is 23.8 Å². The van der Waals surface area contributed by atoms with Crippen molar-refractivity contribution in [3.63, 3.8) is 0 Å². The van der Waals surface area contributed by atoms with E-state index in [2.05, 4.69) is 36.0 Å². The first-order chi connectivity index (χ1) is 14.7. The molecule has 1 aliphatic carbocycles. The SMILES string of the molecule is O=COS(=O)(=O)c1ccc(Br)c(C(=O)OC2CCCCC2C(=O)c2ccc(Br)cc2)c1. The van der Waals surface area contributed by atoms with Crippen LogP contribution in [0.3, 0.4) is 0 Å². The van der Waals surface area contributed by atoms with Crippen LogP contribution in [0.1, 0.15) is 46.4 Å². The molecule has 31 heavy (non-hydrogen) atoms. The number of hydrogen-bond donors (Lipinski definition) is 0. The second-order valence-corrected chi connectivity index (χ2v) is 10.3. The van der Waals surface area contributed by atoms with Crippen LogP contribution in [0.4, 0.5) is 0 Å². The van der Waals surface area contributed by atoms with Gasteiger partial charge in [0.05, 0.1) is 11.5 Å². The number of esters is 1. The summed E-state index contributed by atoms with van der Waals surface area (Å²) in [6.45, 7) is -0.199. The molecule has 2 aromatic carbocycles. The summed E-state index contributed by atoms with van der Waals surface area (Å²) in [5, 5.41) is 0. The first-order valence-corrected chi connectivity index (χ1v) is 12.4. The first kappa shape index (κ1) is 23.6. The molecule has 0 saturated heterocycles. The van der Waals surface area contributed by atoms with E-state index in [1.807, 2.05) is 0 Å². The lowest BCUT2D eigenvalue weighted by Crippen LogP contribution is -2.35. The van der Waals surface area contributed by atoms with Crippen LogP contribution in [0.5, 0.6) is 0 Å². The number of rotatable bonds is 7. The fourth-order valence-electron chi connectivity index (χ4n) is 3.49. The highest BCUT2D eigenvalue weighted by Crippen LogP contribution is 2.32. The molecule has 1 saturated carbocycles. The number of halogens is 2. The molecule has 0 aliphatic heterocycles. The minimum atomic E-state index is -4.33. The van der Waals surface area contributed by atoms with Crippen molar-refractivity contribution in [3.8, 4) is 0 Å². The monoisotopic (exact) mass is 572 g/mol. The molecular formula is C21H18Br2O7S. The van der Waals surface area contributed by atoms with Gasteiger partial charge in [0.15, 0.2) is 5.78 Å². The molecule has 10 heteroatoms. The quantitative estimate of drug-likeness (QED) is 0.205. The summed E-state index contributed by atoms with van der Waals surface area (Å²) in [6.07, 6.45) is 2.15. The summed E-state index contributed by atoms with van der Waals surface area (Å²) in [7, 11) is -4.33. The topological polar surface area (TPSA) is 104 Å². The fraction of sp³-hybridized carbons (Fsp3) is 0.286. The smallest absolute Gasteiger partial charge is 0.341 e. The summed E-state index contributed by atoms with van der Waals surface area (Å²) in [4.78, 5) is 35.9. The second-order valence-electron chi connectivity index (χ2n) is 6.99. The van der Waals surface area contributed by atoms with E-state index < -0.39 is 28.1 Å². The Kier molecular flexibility index (Phi) is 7.66. The Morgan fingerprint density at radius 3 is 2.35 bits per heavy atom. The van der Waals surface area contributed by atoms with E-state index >= 15 is 0 Å². The number of hydrogen-bond acceptors (Lipinski definition) is 7. The number of ether oxygens (including phenoxy) is 1. The third-order valence-corrected chi connectivity index (χ3v) is 7.42. The molecule has 0 bridgehead atoms. The van der Waals surface area contributed by atoms with Crippen molar-refractivity contribution in [2.24, 2.45) is 5.92 Å². The maximum absolute atomic E-state index is 13.0. The maximum Gasteiger partial charge on any atom is 0.341 e. The minimum absolute atomic E-state index is 0.0454. The van der Waals surface area contributed by atoms with Gasteiger partial charge in [-0.3, -0.25) is 9.59 Å². The average molecular weight is 574 g/mol. The lowest BCUT2D eigenvalue weighted by atomic mass is 9.81. The number of Topliss-reactive ketones (excluding diaryl/α,β-unsaturated/α-hetero) is 1. The maximum atomic E-state index is 13.0. The van der Waals surface area contributed by atoms with Gasteiger partial charge in [-0.15, -0.1) is 0 Å². The Labute approximate surface area is 196 Å². The zero-order valence-corrected chi connectivity index (χ0v) is 20.1. The van der Waals surface area contributed by atoms with Crippen LogP contribution in [0, 0.1) is 5.92 Å². The van der Waals surface area contributed by atoms with Gasteiger partial charge in [-0.25, -0.2) is 4.79 Å². The van der Waals surface area contributed by atoms with E-state index in [0.29, 0.717) is 22.9 Å². The molecule has 2 atom stereocenters. The molecule has 0 radical (unpaired) electrons. The molecule has 1 fully saturated rings. The summed E-state index contributed by atoms with van der Waals surface area (Å²) >= 11 is 6.55. The van der Waals surface area contributed by atoms with Crippen LogP contribution in [0.15, 0.2) is 56.3 Å². The number of carbonyl (C=O) groups excluding carboxylic acids is 3. The van der Waals surface area contributed by atoms with Crippen LogP contribution in [-0.4, -0.2) is 32.7 Å². The number of ketones is 1. The van der Waals surface area contributed by atoms with E-state index in [1.165, 1.54) is 12.1 Å². The van der Waals surface area contributed by atoms with E-state index in [9.17, 15) is 22.8 Å². The summed E-state index contributed by atoms with van der Waals surface area (Å²) in [6, 6.07) is 10.6. The lowest BCUT2D eigenvalue weighted by molar-refractivity contribution is -0.120. The number of carbonyl (C=O) groups is 3. The molecule has 0 aromatic heterocycles. The summed E-state index contributed by atoms with van der Waals surface area (Å²) < 4.78 is 34.9. The predicted molar refractivity (Wildman–Crippen MR) is 118 cm³/mol. The minimum Gasteiger partial charge on any atom is -0.458 e. The molecule has 164 valence electrons. The van der Waals surface area contributed by atoms with Crippen molar-refractivity contribution in [1.82, 2.24) is 0 Å². The van der Waals surface area contributed by atoms with Gasteiger partial charge in [0, 0.05) is 14.5 Å². The molecule has 2 unspecified atom stereocenters. The average Bonchev–Trinajstić information content (AvgIpc) is 2.74. The van der Waals surface area contributed by atoms with E-state index in [-0.39, 0.29) is 22.7 Å². The van der Waals surface area contributed by atoms with Gasteiger partial charge in [0.1, 0.15) is 11.0 Å². The summed E-state index contributed by atoms with van der Waals surface area (Å²) in [5.41, 5.74) is 0.493. The highest BCUT2D eigenvalue weighted by atomic mass is 79.9. The van der Waals surface area contributed by atoms with E-state index in [0.717, 1.165) is 23.4 Å². The predicted octanol–water partition coefficient (Wildman–Crippen LogP) is 4.67. The van der Waals surface area contributed by atoms with Gasteiger partial charge in [-0.05, 0) is 65.5 Å². The van der Waals surface area contributed by atoms with Gasteiger partial charge < -0.3 is 8.92 Å². The third-order valence-electron chi connectivity index (χ3n) is 5.04. The van der Waals surface area contributed by atoms with Crippen molar-refractivity contribution in [3.05, 3.63) is 62.5 Å². The molecule has 3 rings (SSSR count). The standard InChI is InChI=1S/C21H18Br2O7S/c22-14-7-5-13(6-8-14)20(25)16-3-1-2-4-19(16)30-21(26)17-11-15(9-10-18(17)23)31(27,28)29-12-24/h5-12,16,19H,1-4H2. The van der Waals surface area contributed by atoms with Crippen LogP contribution in [0.2, 0.25) is 0 Å². The lowest BCUT2D eigenvalue weighted by Gasteiger charge is -2.30. The van der Waals surface area contributed by atoms with Crippen molar-refractivity contribution in [1.29, 1.82) is 0 Å². The van der Waals surface area contributed by atoms with Crippen LogP contribution >= 0.6 is 31.9 Å². The fourth-order valence-corrected chi connectivity index (χ4v) is 4.87. The van der Waals surface area contributed by atoms with Crippen LogP contribution < -0.4 is 0 Å². The normalized spacial score (nSPS) is 18.8. The Bertz CT molecular complexity index is 1100. The van der Waals surface area contributed by atoms with Gasteiger partial charge in [-0.1, -0.05) is 34.5 Å². The molecule has 0 N–H and O–H groups in total. The van der Waals surface area contributed by atoms with E-state index in [1.54, 1.807) is 24.3 Å². The van der Waals surface area contributed by atoms with Crippen LogP contribution in [0.25, 0.3) is 0 Å². The van der Waals surface area contributed by atoms with Gasteiger partial charge in [0.25, 0.3) is 0 Å². The largest absolute Gasteiger partial charge is 0.458 e. The molecule has 7 nitrogen and oxygen atoms in total. The second kappa shape index (κ2) is 10.1. The molecule has 1 aliphatic rings. The molecule has 2 aromatic rings. The highest BCUT2D eigenvalue weighted by Gasteiger charge is 2.35. The molecule has 0 heterocycles. The van der Waals surface area contributed by atoms with Crippen molar-refractivity contribution < 1.29 is 31.7 Å². The van der Waals surface area contributed by atoms with Gasteiger partial charge >= 0.3 is 22.6 Å². The molecule has 0 amide bonds. The first-order valence-electron chi connectivity index (χ1n) is 9.40. The third kappa shape index (κ3) is 5.61. The highest BCUT2D eigenvalue weighted by molar-refractivity contribution is 9.10. The Hall–Kier alpha value is -2.04. The number of benzene rings is 2. The van der Waals surface area contributed by atoms with E-state index in [4.69, 9.17) is 4.74 Å². The molecular weight excluding hydrogens is 556 g/mol. The van der Waals surface area contributed by atoms with Gasteiger partial charge in [0.2, 0.25) is 0 Å². The van der Waals surface area contributed by atoms with Gasteiger partial charge in [-0.2, -0.15) is 8.42 Å². The molecule has 0 spiro atoms. The Morgan fingerprint density at radius 1 is 1.00 bits per heavy atom. The van der Waals surface area contributed by atoms with Crippen molar-refractivity contribution in [2.75, 3.05) is 0 Å². The Balaban J connectivity index is 1.83. The Morgan fingerprint density at radius 2 is 1.68 bits per heavy atom.